The largest absolute Gasteiger partial charge is 0.431 e. The molecule has 0 aliphatic heterocycles. The van der Waals surface area contributed by atoms with Gasteiger partial charge in [0.2, 0.25) is 0 Å². The van der Waals surface area contributed by atoms with Crippen LogP contribution >= 0.6 is 0 Å². The highest BCUT2D eigenvalue weighted by Gasteiger charge is 2.13. The van der Waals surface area contributed by atoms with Crippen LogP contribution in [-0.2, 0) is 0 Å². The number of nitrogens with zero attached hydrogens (tertiary/aromatic N) is 2. The number of anilines is 1. The second-order valence-electron chi connectivity index (χ2n) is 3.31. The van der Waals surface area contributed by atoms with E-state index in [1.807, 2.05) is 0 Å². The van der Waals surface area contributed by atoms with Crippen molar-refractivity contribution in [2.24, 2.45) is 0 Å². The van der Waals surface area contributed by atoms with Gasteiger partial charge in [0, 0.05) is 25.0 Å². The summed E-state index contributed by atoms with van der Waals surface area (Å²) < 4.78 is 4.96. The molecule has 7 heteroatoms. The van der Waals surface area contributed by atoms with Crippen molar-refractivity contribution in [2.45, 2.75) is 0 Å². The topological polar surface area (TPSA) is 97.1 Å². The van der Waals surface area contributed by atoms with Crippen molar-refractivity contribution >= 4 is 17.8 Å². The van der Waals surface area contributed by atoms with E-state index in [9.17, 15) is 9.59 Å². The molecule has 0 saturated heterocycles. The summed E-state index contributed by atoms with van der Waals surface area (Å²) in [6.45, 7) is 0. The lowest BCUT2D eigenvalue weighted by Crippen LogP contribution is -2.18. The fourth-order valence-electron chi connectivity index (χ4n) is 1.24. The molecular formula is C11H10N4O3. The second-order valence-corrected chi connectivity index (χ2v) is 3.31. The van der Waals surface area contributed by atoms with Crippen LogP contribution in [0.5, 0.6) is 0 Å². The van der Waals surface area contributed by atoms with E-state index < -0.39 is 0 Å². The molecule has 0 spiro atoms. The summed E-state index contributed by atoms with van der Waals surface area (Å²) in [6.07, 6.45) is 4.17. The Kier molecular flexibility index (Phi) is 3.33. The summed E-state index contributed by atoms with van der Waals surface area (Å²) in [5.74, 6) is -0.772. The second kappa shape index (κ2) is 5.09. The Morgan fingerprint density at radius 2 is 1.94 bits per heavy atom. The van der Waals surface area contributed by atoms with E-state index in [0.29, 0.717) is 5.56 Å². The monoisotopic (exact) mass is 246 g/mol. The minimum atomic E-state index is -0.386. The van der Waals surface area contributed by atoms with Crippen molar-refractivity contribution in [3.8, 4) is 0 Å². The van der Waals surface area contributed by atoms with Crippen LogP contribution in [0.3, 0.4) is 0 Å². The lowest BCUT2D eigenvalue weighted by molar-refractivity contribution is 0.0956. The minimum Gasteiger partial charge on any atom is -0.431 e. The number of aromatic nitrogens is 2. The predicted octanol–water partition coefficient (Wildman–Crippen LogP) is 0.681. The van der Waals surface area contributed by atoms with Crippen LogP contribution in [0.15, 0.2) is 35.2 Å². The molecule has 7 nitrogen and oxygen atoms in total. The van der Waals surface area contributed by atoms with Gasteiger partial charge < -0.3 is 9.73 Å². The van der Waals surface area contributed by atoms with E-state index >= 15 is 0 Å². The summed E-state index contributed by atoms with van der Waals surface area (Å²) in [4.78, 5) is 30.6. The van der Waals surface area contributed by atoms with E-state index in [1.165, 1.54) is 25.7 Å². The molecule has 0 fully saturated rings. The third-order valence-electron chi connectivity index (χ3n) is 2.13. The number of nitrogens with one attached hydrogen (secondary N) is 2. The predicted molar refractivity (Wildman–Crippen MR) is 62.1 cm³/mol. The fourth-order valence-corrected chi connectivity index (χ4v) is 1.24. The summed E-state index contributed by atoms with van der Waals surface area (Å²) in [5, 5.41) is 4.83. The molecule has 2 amide bonds. The van der Waals surface area contributed by atoms with Crippen LogP contribution in [0.2, 0.25) is 0 Å². The van der Waals surface area contributed by atoms with Gasteiger partial charge in [0.1, 0.15) is 6.26 Å². The van der Waals surface area contributed by atoms with Crippen molar-refractivity contribution in [3.63, 3.8) is 0 Å². The van der Waals surface area contributed by atoms with E-state index in [0.717, 1.165) is 0 Å². The number of carbonyl (C=O) groups excluding carboxylic acids is 2. The molecule has 18 heavy (non-hydrogen) atoms. The van der Waals surface area contributed by atoms with Gasteiger partial charge in [-0.05, 0) is 12.1 Å². The first-order chi connectivity index (χ1) is 8.70. The summed E-state index contributed by atoms with van der Waals surface area (Å²) in [5.41, 5.74) is 0.521. The van der Waals surface area contributed by atoms with Gasteiger partial charge in [-0.25, -0.2) is 0 Å². The van der Waals surface area contributed by atoms with Gasteiger partial charge in [0.05, 0.1) is 0 Å². The molecular weight excluding hydrogens is 236 g/mol. The molecule has 2 aromatic rings. The molecule has 2 heterocycles. The van der Waals surface area contributed by atoms with Crippen molar-refractivity contribution in [2.75, 3.05) is 12.4 Å². The zero-order valence-corrected chi connectivity index (χ0v) is 9.51. The molecule has 0 radical (unpaired) electrons. The van der Waals surface area contributed by atoms with Gasteiger partial charge >= 0.3 is 6.01 Å². The third-order valence-corrected chi connectivity index (χ3v) is 2.13. The first kappa shape index (κ1) is 11.8. The van der Waals surface area contributed by atoms with Crippen molar-refractivity contribution < 1.29 is 14.0 Å². The lowest BCUT2D eigenvalue weighted by Gasteiger charge is -1.99. The number of hydrogen-bond donors (Lipinski definition) is 2. The number of carbonyl (C=O) groups is 2. The van der Waals surface area contributed by atoms with Crippen LogP contribution < -0.4 is 10.6 Å². The minimum absolute atomic E-state index is 0.0320. The van der Waals surface area contributed by atoms with Crippen LogP contribution in [-0.4, -0.2) is 28.8 Å². The number of oxazole rings is 1. The van der Waals surface area contributed by atoms with Crippen LogP contribution in [0.4, 0.5) is 6.01 Å². The zero-order valence-electron chi connectivity index (χ0n) is 9.51. The molecule has 2 aromatic heterocycles. The average Bonchev–Trinajstić information content (AvgIpc) is 2.87. The van der Waals surface area contributed by atoms with E-state index in [4.69, 9.17) is 4.42 Å². The SMILES string of the molecule is CNC(=O)c1coc(NC(=O)c2ccncc2)n1. The Hall–Kier alpha value is -2.70. The summed E-state index contributed by atoms with van der Waals surface area (Å²) in [7, 11) is 1.48. The first-order valence-electron chi connectivity index (χ1n) is 5.09. The average molecular weight is 246 g/mol. The van der Waals surface area contributed by atoms with Gasteiger partial charge in [-0.2, -0.15) is 4.98 Å². The van der Waals surface area contributed by atoms with E-state index in [2.05, 4.69) is 20.6 Å². The van der Waals surface area contributed by atoms with Gasteiger partial charge in [-0.15, -0.1) is 0 Å². The van der Waals surface area contributed by atoms with Crippen molar-refractivity contribution in [1.29, 1.82) is 0 Å². The number of rotatable bonds is 3. The number of pyridine rings is 1. The van der Waals surface area contributed by atoms with Crippen LogP contribution in [0, 0.1) is 0 Å². The van der Waals surface area contributed by atoms with Crippen LogP contribution in [0.1, 0.15) is 20.8 Å². The first-order valence-corrected chi connectivity index (χ1v) is 5.09. The van der Waals surface area contributed by atoms with Gasteiger partial charge in [0.25, 0.3) is 11.8 Å². The van der Waals surface area contributed by atoms with Gasteiger partial charge in [-0.1, -0.05) is 0 Å². The Labute approximate surface area is 102 Å². The molecule has 0 unspecified atom stereocenters. The maximum absolute atomic E-state index is 11.7. The standard InChI is InChI=1S/C11H10N4O3/c1-12-10(17)8-6-18-11(14-8)15-9(16)7-2-4-13-5-3-7/h2-6H,1H3,(H,12,17)(H,14,15,16). The molecule has 0 aliphatic rings. The Balaban J connectivity index is 2.08. The smallest absolute Gasteiger partial charge is 0.302 e. The van der Waals surface area contributed by atoms with E-state index in [-0.39, 0.29) is 23.5 Å². The fraction of sp³-hybridized carbons (Fsp3) is 0.0909. The molecule has 0 aromatic carbocycles. The highest BCUT2D eigenvalue weighted by molar-refractivity contribution is 6.03. The highest BCUT2D eigenvalue weighted by Crippen LogP contribution is 2.09. The molecule has 0 bridgehead atoms. The molecule has 2 N–H and O–H groups in total. The maximum atomic E-state index is 11.7. The Morgan fingerprint density at radius 3 is 2.61 bits per heavy atom. The Bertz CT molecular complexity index is 565. The molecule has 0 aliphatic carbocycles. The normalized spacial score (nSPS) is 9.83. The summed E-state index contributed by atoms with van der Waals surface area (Å²) >= 11 is 0. The third kappa shape index (κ3) is 2.51. The molecule has 0 atom stereocenters. The maximum Gasteiger partial charge on any atom is 0.302 e. The number of amides is 2. The molecule has 92 valence electrons. The summed E-state index contributed by atoms with van der Waals surface area (Å²) in [6, 6.07) is 3.07. The molecule has 0 saturated carbocycles. The van der Waals surface area contributed by atoms with Crippen LogP contribution in [0.25, 0.3) is 0 Å². The Morgan fingerprint density at radius 1 is 1.22 bits per heavy atom. The van der Waals surface area contributed by atoms with Gasteiger partial charge in [-0.3, -0.25) is 19.9 Å². The quantitative estimate of drug-likeness (QED) is 0.830. The van der Waals surface area contributed by atoms with E-state index in [1.54, 1.807) is 12.1 Å². The molecule has 2 rings (SSSR count). The van der Waals surface area contributed by atoms with Crippen molar-refractivity contribution in [3.05, 3.63) is 42.0 Å². The van der Waals surface area contributed by atoms with Gasteiger partial charge in [0.15, 0.2) is 5.69 Å². The highest BCUT2D eigenvalue weighted by atomic mass is 16.4. The lowest BCUT2D eigenvalue weighted by atomic mass is 10.2. The zero-order chi connectivity index (χ0) is 13.0. The number of hydrogen-bond acceptors (Lipinski definition) is 5. The van der Waals surface area contributed by atoms with Crippen molar-refractivity contribution in [1.82, 2.24) is 15.3 Å².